The number of allylic oxidation sites excluding steroid dienone is 7. The highest BCUT2D eigenvalue weighted by atomic mass is 16.2. The van der Waals surface area contributed by atoms with Gasteiger partial charge in [0.1, 0.15) is 0 Å². The van der Waals surface area contributed by atoms with Crippen LogP contribution >= 0.6 is 0 Å². The maximum absolute atomic E-state index is 9.14. The van der Waals surface area contributed by atoms with E-state index in [0.717, 1.165) is 12.8 Å². The summed E-state index contributed by atoms with van der Waals surface area (Å²) in [7, 11) is 0. The third-order valence-electron chi connectivity index (χ3n) is 9.34. The fourth-order valence-electron chi connectivity index (χ4n) is 6.16. The molecule has 0 aliphatic rings. The molecule has 0 aromatic rings. The maximum Gasteiger partial charge on any atom is 0.0614 e. The van der Waals surface area contributed by atoms with Crippen LogP contribution in [-0.2, 0) is 0 Å². The van der Waals surface area contributed by atoms with Gasteiger partial charge in [-0.2, -0.15) is 0 Å². The highest BCUT2D eigenvalue weighted by Crippen LogP contribution is 2.26. The summed E-state index contributed by atoms with van der Waals surface area (Å²) in [6.07, 6.45) is 45.2. The summed E-state index contributed by atoms with van der Waals surface area (Å²) in [5.74, 6) is 0.677. The molecule has 0 spiro atoms. The molecule has 0 rings (SSSR count). The minimum Gasteiger partial charge on any atom is -0.392 e. The van der Waals surface area contributed by atoms with Gasteiger partial charge in [0.2, 0.25) is 0 Å². The Kier molecular flexibility index (Phi) is 31.5. The zero-order chi connectivity index (χ0) is 31.8. The van der Waals surface area contributed by atoms with Crippen LogP contribution in [0.1, 0.15) is 208 Å². The lowest BCUT2D eigenvalue weighted by Crippen LogP contribution is -2.02. The molecule has 0 aliphatic heterocycles. The van der Waals surface area contributed by atoms with Crippen molar-refractivity contribution in [3.8, 4) is 0 Å². The summed E-state index contributed by atoms with van der Waals surface area (Å²) >= 11 is 0. The van der Waals surface area contributed by atoms with Gasteiger partial charge in [0.05, 0.1) is 6.61 Å². The first-order valence-electron chi connectivity index (χ1n) is 19.1. The molecule has 0 heterocycles. The van der Waals surface area contributed by atoms with E-state index in [4.69, 9.17) is 5.11 Å². The van der Waals surface area contributed by atoms with Crippen molar-refractivity contribution in [2.45, 2.75) is 208 Å². The zero-order valence-corrected chi connectivity index (χ0v) is 30.4. The van der Waals surface area contributed by atoms with Crippen LogP contribution in [0, 0.1) is 5.92 Å². The van der Waals surface area contributed by atoms with Crippen molar-refractivity contribution in [2.24, 2.45) is 5.92 Å². The molecule has 0 fully saturated rings. The standard InChI is InChI=1S/C42H78O/c1-7-8-9-10-11-12-13-14-15-16-17-18-19-20-21-22-23-24-25-26-33-42(35-34-39(4)30-27-29-38(2)3)41(6)32-28-31-40(5)36-37-43/h29,32,34,36,42-43H,7-28,30-31,33,35,37H2,1-6H3/b39-34+,40-36+,41-32?. The molecule has 0 aromatic heterocycles. The molecule has 0 bridgehead atoms. The van der Waals surface area contributed by atoms with E-state index in [1.54, 1.807) is 11.1 Å². The van der Waals surface area contributed by atoms with Crippen LogP contribution < -0.4 is 0 Å². The van der Waals surface area contributed by atoms with E-state index in [-0.39, 0.29) is 6.61 Å². The molecule has 1 unspecified atom stereocenters. The van der Waals surface area contributed by atoms with Crippen molar-refractivity contribution in [1.82, 2.24) is 0 Å². The Morgan fingerprint density at radius 1 is 0.488 bits per heavy atom. The summed E-state index contributed by atoms with van der Waals surface area (Å²) in [6.45, 7) is 13.7. The van der Waals surface area contributed by atoms with E-state index >= 15 is 0 Å². The highest BCUT2D eigenvalue weighted by Gasteiger charge is 2.10. The Bertz CT molecular complexity index is 717. The molecule has 252 valence electrons. The third-order valence-corrected chi connectivity index (χ3v) is 9.34. The lowest BCUT2D eigenvalue weighted by atomic mass is 9.88. The van der Waals surface area contributed by atoms with Gasteiger partial charge in [0.15, 0.2) is 0 Å². The van der Waals surface area contributed by atoms with Gasteiger partial charge in [0.25, 0.3) is 0 Å². The molecule has 0 saturated carbocycles. The molecule has 0 saturated heterocycles. The Balaban J connectivity index is 4.05. The van der Waals surface area contributed by atoms with Crippen LogP contribution in [0.5, 0.6) is 0 Å². The number of rotatable bonds is 31. The number of hydrogen-bond donors (Lipinski definition) is 1. The van der Waals surface area contributed by atoms with Gasteiger partial charge in [-0.1, -0.05) is 182 Å². The first-order valence-corrected chi connectivity index (χ1v) is 19.1. The molecule has 0 aromatic carbocycles. The molecule has 1 atom stereocenters. The van der Waals surface area contributed by atoms with Crippen LogP contribution in [0.25, 0.3) is 0 Å². The van der Waals surface area contributed by atoms with E-state index in [1.807, 2.05) is 6.08 Å². The van der Waals surface area contributed by atoms with E-state index < -0.39 is 0 Å². The van der Waals surface area contributed by atoms with Gasteiger partial charge in [0, 0.05) is 0 Å². The van der Waals surface area contributed by atoms with Crippen molar-refractivity contribution in [1.29, 1.82) is 0 Å². The second kappa shape index (κ2) is 32.3. The summed E-state index contributed by atoms with van der Waals surface area (Å²) in [6, 6.07) is 0. The normalized spacial score (nSPS) is 13.5. The lowest BCUT2D eigenvalue weighted by Gasteiger charge is -2.17. The van der Waals surface area contributed by atoms with Crippen LogP contribution in [-0.4, -0.2) is 11.7 Å². The van der Waals surface area contributed by atoms with Crippen molar-refractivity contribution < 1.29 is 5.11 Å². The summed E-state index contributed by atoms with van der Waals surface area (Å²) < 4.78 is 0. The molecule has 0 aliphatic carbocycles. The molecular formula is C42H78O. The minimum atomic E-state index is 0.160. The molecule has 43 heavy (non-hydrogen) atoms. The summed E-state index contributed by atoms with van der Waals surface area (Å²) in [5, 5.41) is 9.14. The average molecular weight is 599 g/mol. The fraction of sp³-hybridized carbons (Fsp3) is 0.810. The highest BCUT2D eigenvalue weighted by molar-refractivity contribution is 5.10. The number of aliphatic hydroxyl groups is 1. The van der Waals surface area contributed by atoms with Gasteiger partial charge in [-0.25, -0.2) is 0 Å². The number of hydrogen-bond acceptors (Lipinski definition) is 1. The Morgan fingerprint density at radius 3 is 1.30 bits per heavy atom. The smallest absolute Gasteiger partial charge is 0.0614 e. The second-order valence-electron chi connectivity index (χ2n) is 14.0. The SMILES string of the molecule is CCCCCCCCCCCCCCCCCCCCCCC(C/C=C(\C)CCC=C(C)C)C(C)=CCC/C(C)=C/CO. The molecular weight excluding hydrogens is 520 g/mol. The monoisotopic (exact) mass is 599 g/mol. The first kappa shape index (κ1) is 41.9. The lowest BCUT2D eigenvalue weighted by molar-refractivity contribution is 0.341. The quantitative estimate of drug-likeness (QED) is 0.0621. The predicted molar refractivity (Wildman–Crippen MR) is 197 cm³/mol. The van der Waals surface area contributed by atoms with Crippen molar-refractivity contribution >= 4 is 0 Å². The Labute approximate surface area is 272 Å². The van der Waals surface area contributed by atoms with Gasteiger partial charge >= 0.3 is 0 Å². The summed E-state index contributed by atoms with van der Waals surface area (Å²) in [4.78, 5) is 0. The topological polar surface area (TPSA) is 20.2 Å². The van der Waals surface area contributed by atoms with Crippen molar-refractivity contribution in [2.75, 3.05) is 6.61 Å². The van der Waals surface area contributed by atoms with Crippen molar-refractivity contribution in [3.05, 3.63) is 46.6 Å². The molecule has 1 heteroatoms. The largest absolute Gasteiger partial charge is 0.392 e. The predicted octanol–water partition coefficient (Wildman–Crippen LogP) is 14.6. The fourth-order valence-corrected chi connectivity index (χ4v) is 6.16. The van der Waals surface area contributed by atoms with Crippen LogP contribution in [0.15, 0.2) is 46.6 Å². The van der Waals surface area contributed by atoms with Crippen LogP contribution in [0.4, 0.5) is 0 Å². The van der Waals surface area contributed by atoms with Crippen LogP contribution in [0.2, 0.25) is 0 Å². The van der Waals surface area contributed by atoms with Crippen LogP contribution in [0.3, 0.4) is 0 Å². The Morgan fingerprint density at radius 2 is 0.884 bits per heavy atom. The second-order valence-corrected chi connectivity index (χ2v) is 14.0. The number of unbranched alkanes of at least 4 members (excludes halogenated alkanes) is 19. The van der Waals surface area contributed by atoms with E-state index in [9.17, 15) is 0 Å². The molecule has 1 nitrogen and oxygen atoms in total. The van der Waals surface area contributed by atoms with E-state index in [1.165, 1.54) is 165 Å². The van der Waals surface area contributed by atoms with Gasteiger partial charge in [-0.15, -0.1) is 0 Å². The average Bonchev–Trinajstić information content (AvgIpc) is 2.97. The third kappa shape index (κ3) is 30.7. The van der Waals surface area contributed by atoms with Gasteiger partial charge < -0.3 is 5.11 Å². The zero-order valence-electron chi connectivity index (χ0n) is 30.4. The van der Waals surface area contributed by atoms with Gasteiger partial charge in [-0.05, 0) is 79.1 Å². The Hall–Kier alpha value is -1.08. The van der Waals surface area contributed by atoms with E-state index in [0.29, 0.717) is 5.92 Å². The molecule has 0 amide bonds. The molecule has 0 radical (unpaired) electrons. The molecule has 1 N–H and O–H groups in total. The maximum atomic E-state index is 9.14. The number of aliphatic hydroxyl groups excluding tert-OH is 1. The van der Waals surface area contributed by atoms with Gasteiger partial charge in [-0.3, -0.25) is 0 Å². The minimum absolute atomic E-state index is 0.160. The van der Waals surface area contributed by atoms with Crippen molar-refractivity contribution in [3.63, 3.8) is 0 Å². The summed E-state index contributed by atoms with van der Waals surface area (Å²) in [5.41, 5.74) is 5.84. The first-order chi connectivity index (χ1) is 20.9. The van der Waals surface area contributed by atoms with E-state index in [2.05, 4.69) is 59.8 Å².